The molecule has 6 heteroatoms. The molecule has 1 saturated carbocycles. The number of thiazole rings is 1. The van der Waals surface area contributed by atoms with E-state index in [1.54, 1.807) is 11.3 Å². The van der Waals surface area contributed by atoms with E-state index in [0.29, 0.717) is 18.1 Å². The first-order valence-electron chi connectivity index (χ1n) is 7.76. The molecular formula is C17H18N4OS. The Labute approximate surface area is 138 Å². The van der Waals surface area contributed by atoms with Gasteiger partial charge < -0.3 is 10.3 Å². The summed E-state index contributed by atoms with van der Waals surface area (Å²) in [7, 11) is 0. The molecule has 0 bridgehead atoms. The van der Waals surface area contributed by atoms with E-state index < -0.39 is 0 Å². The van der Waals surface area contributed by atoms with Crippen LogP contribution in [0.4, 0.5) is 0 Å². The average molecular weight is 326 g/mol. The maximum absolute atomic E-state index is 6.22. The van der Waals surface area contributed by atoms with Crippen LogP contribution >= 0.6 is 11.3 Å². The van der Waals surface area contributed by atoms with Gasteiger partial charge in [-0.3, -0.25) is 0 Å². The molecule has 1 fully saturated rings. The van der Waals surface area contributed by atoms with Crippen molar-refractivity contribution in [2.45, 2.75) is 38.1 Å². The third-order valence-corrected chi connectivity index (χ3v) is 5.28. The second-order valence-corrected chi connectivity index (χ2v) is 7.07. The Morgan fingerprint density at radius 2 is 2.00 bits per heavy atom. The molecule has 4 rings (SSSR count). The minimum Gasteiger partial charge on any atom is -0.339 e. The number of benzene rings is 1. The molecule has 0 spiro atoms. The molecule has 3 aromatic rings. The highest BCUT2D eigenvalue weighted by Gasteiger charge is 2.38. The van der Waals surface area contributed by atoms with E-state index in [2.05, 4.69) is 46.3 Å². The lowest BCUT2D eigenvalue weighted by Crippen LogP contribution is -2.44. The molecule has 23 heavy (non-hydrogen) atoms. The summed E-state index contributed by atoms with van der Waals surface area (Å²) >= 11 is 1.63. The van der Waals surface area contributed by atoms with E-state index in [4.69, 9.17) is 10.3 Å². The summed E-state index contributed by atoms with van der Waals surface area (Å²) in [6.07, 6.45) is 3.54. The van der Waals surface area contributed by atoms with E-state index in [0.717, 1.165) is 35.5 Å². The van der Waals surface area contributed by atoms with Crippen molar-refractivity contribution in [1.29, 1.82) is 0 Å². The van der Waals surface area contributed by atoms with Crippen LogP contribution in [-0.4, -0.2) is 15.1 Å². The van der Waals surface area contributed by atoms with Gasteiger partial charge in [0.15, 0.2) is 5.82 Å². The fraction of sp³-hybridized carbons (Fsp3) is 0.353. The van der Waals surface area contributed by atoms with Crippen molar-refractivity contribution in [3.05, 3.63) is 52.6 Å². The standard InChI is InChI=1S/C17H18N4OS/c1-11-3-5-12(6-4-11)15-19-13(10-23-15)9-14-20-16(21-22-14)17(18)7-2-8-17/h3-6,10H,2,7-9,18H2,1H3. The molecule has 1 aromatic carbocycles. The third kappa shape index (κ3) is 2.80. The van der Waals surface area contributed by atoms with Crippen LogP contribution in [0, 0.1) is 6.92 Å². The number of rotatable bonds is 4. The van der Waals surface area contributed by atoms with Crippen molar-refractivity contribution >= 4 is 11.3 Å². The molecule has 0 saturated heterocycles. The quantitative estimate of drug-likeness (QED) is 0.794. The molecule has 2 aromatic heterocycles. The molecule has 1 aliphatic rings. The minimum atomic E-state index is -0.378. The molecule has 5 nitrogen and oxygen atoms in total. The van der Waals surface area contributed by atoms with Gasteiger partial charge in [-0.1, -0.05) is 35.0 Å². The Balaban J connectivity index is 1.50. The molecule has 118 valence electrons. The van der Waals surface area contributed by atoms with E-state index in [1.165, 1.54) is 5.56 Å². The lowest BCUT2D eigenvalue weighted by molar-refractivity contribution is 0.229. The Kier molecular flexibility index (Phi) is 3.50. The maximum atomic E-state index is 6.22. The second-order valence-electron chi connectivity index (χ2n) is 6.21. The Hall–Kier alpha value is -2.05. The molecule has 0 amide bonds. The predicted octanol–water partition coefficient (Wildman–Crippen LogP) is 3.43. The largest absolute Gasteiger partial charge is 0.339 e. The molecule has 0 aliphatic heterocycles. The fourth-order valence-electron chi connectivity index (χ4n) is 2.68. The maximum Gasteiger partial charge on any atom is 0.232 e. The summed E-state index contributed by atoms with van der Waals surface area (Å²) in [6.45, 7) is 2.08. The van der Waals surface area contributed by atoms with E-state index >= 15 is 0 Å². The van der Waals surface area contributed by atoms with Crippen LogP contribution in [0.25, 0.3) is 10.6 Å². The number of hydrogen-bond donors (Lipinski definition) is 1. The molecule has 0 unspecified atom stereocenters. The zero-order chi connectivity index (χ0) is 15.9. The number of nitrogens with zero attached hydrogens (tertiary/aromatic N) is 3. The van der Waals surface area contributed by atoms with Gasteiger partial charge in [-0.25, -0.2) is 4.98 Å². The van der Waals surface area contributed by atoms with Crippen molar-refractivity contribution in [3.8, 4) is 10.6 Å². The van der Waals surface area contributed by atoms with Gasteiger partial charge in [-0.2, -0.15) is 4.98 Å². The van der Waals surface area contributed by atoms with Gasteiger partial charge in [0, 0.05) is 10.9 Å². The molecule has 2 heterocycles. The molecular weight excluding hydrogens is 308 g/mol. The summed E-state index contributed by atoms with van der Waals surface area (Å²) in [5.74, 6) is 1.21. The normalized spacial score (nSPS) is 16.3. The summed E-state index contributed by atoms with van der Waals surface area (Å²) in [5, 5.41) is 7.10. The van der Waals surface area contributed by atoms with Gasteiger partial charge in [0.1, 0.15) is 5.01 Å². The highest BCUT2D eigenvalue weighted by Crippen LogP contribution is 2.37. The first-order chi connectivity index (χ1) is 11.1. The predicted molar refractivity (Wildman–Crippen MR) is 89.1 cm³/mol. The Morgan fingerprint density at radius 3 is 2.70 bits per heavy atom. The van der Waals surface area contributed by atoms with Gasteiger partial charge in [-0.15, -0.1) is 11.3 Å². The Bertz CT molecular complexity index is 817. The van der Waals surface area contributed by atoms with Crippen LogP contribution in [0.5, 0.6) is 0 Å². The fourth-order valence-corrected chi connectivity index (χ4v) is 3.51. The molecule has 0 atom stereocenters. The monoisotopic (exact) mass is 326 g/mol. The summed E-state index contributed by atoms with van der Waals surface area (Å²) in [6, 6.07) is 8.38. The molecule has 2 N–H and O–H groups in total. The van der Waals surface area contributed by atoms with Crippen LogP contribution in [0.15, 0.2) is 34.2 Å². The zero-order valence-electron chi connectivity index (χ0n) is 13.0. The van der Waals surface area contributed by atoms with E-state index in [1.807, 2.05) is 5.38 Å². The minimum absolute atomic E-state index is 0.378. The van der Waals surface area contributed by atoms with Gasteiger partial charge in [0.05, 0.1) is 17.7 Å². The van der Waals surface area contributed by atoms with Crippen molar-refractivity contribution in [2.24, 2.45) is 5.73 Å². The van der Waals surface area contributed by atoms with Crippen molar-refractivity contribution in [1.82, 2.24) is 15.1 Å². The van der Waals surface area contributed by atoms with Crippen LogP contribution in [0.1, 0.15) is 42.2 Å². The number of aromatic nitrogens is 3. The van der Waals surface area contributed by atoms with Gasteiger partial charge in [0.2, 0.25) is 5.89 Å². The zero-order valence-corrected chi connectivity index (χ0v) is 13.8. The van der Waals surface area contributed by atoms with E-state index in [-0.39, 0.29) is 5.54 Å². The van der Waals surface area contributed by atoms with Crippen molar-refractivity contribution in [2.75, 3.05) is 0 Å². The summed E-state index contributed by atoms with van der Waals surface area (Å²) in [5.41, 5.74) is 9.17. The van der Waals surface area contributed by atoms with E-state index in [9.17, 15) is 0 Å². The van der Waals surface area contributed by atoms with Crippen molar-refractivity contribution in [3.63, 3.8) is 0 Å². The van der Waals surface area contributed by atoms with Gasteiger partial charge in [0.25, 0.3) is 0 Å². The molecule has 0 radical (unpaired) electrons. The number of nitrogens with two attached hydrogens (primary N) is 1. The van der Waals surface area contributed by atoms with Crippen LogP contribution in [0.3, 0.4) is 0 Å². The summed E-state index contributed by atoms with van der Waals surface area (Å²) < 4.78 is 5.34. The highest BCUT2D eigenvalue weighted by molar-refractivity contribution is 7.13. The average Bonchev–Trinajstić information content (AvgIpc) is 3.16. The first-order valence-corrected chi connectivity index (χ1v) is 8.64. The van der Waals surface area contributed by atoms with Crippen LogP contribution in [0.2, 0.25) is 0 Å². The third-order valence-electron chi connectivity index (χ3n) is 4.34. The SMILES string of the molecule is Cc1ccc(-c2nc(Cc3nc(C4(N)CCC4)no3)cs2)cc1. The lowest BCUT2D eigenvalue weighted by atomic mass is 9.77. The first kappa shape index (κ1) is 14.5. The number of aryl methyl sites for hydroxylation is 1. The Morgan fingerprint density at radius 1 is 1.22 bits per heavy atom. The highest BCUT2D eigenvalue weighted by atomic mass is 32.1. The van der Waals surface area contributed by atoms with Crippen LogP contribution in [-0.2, 0) is 12.0 Å². The topological polar surface area (TPSA) is 77.8 Å². The van der Waals surface area contributed by atoms with Gasteiger partial charge in [-0.05, 0) is 26.2 Å². The molecule has 1 aliphatic carbocycles. The second kappa shape index (κ2) is 5.54. The van der Waals surface area contributed by atoms with Crippen LogP contribution < -0.4 is 5.73 Å². The number of hydrogen-bond acceptors (Lipinski definition) is 6. The smallest absolute Gasteiger partial charge is 0.232 e. The lowest BCUT2D eigenvalue weighted by Gasteiger charge is -2.34. The summed E-state index contributed by atoms with van der Waals surface area (Å²) in [4.78, 5) is 9.13. The van der Waals surface area contributed by atoms with Gasteiger partial charge >= 0.3 is 0 Å². The van der Waals surface area contributed by atoms with Crippen molar-refractivity contribution < 1.29 is 4.52 Å².